The standard InChI is InChI=1S/C16H27NO/c1-13(2)11-12-17(4)14(3)5-6-15-7-9-16(18)10-8-15/h7-10,13-14,18H,5-6,11-12H2,1-4H3. The molecular formula is C16H27NO. The minimum absolute atomic E-state index is 0.348. The van der Waals surface area contributed by atoms with Crippen LogP contribution in [0.25, 0.3) is 0 Å². The smallest absolute Gasteiger partial charge is 0.115 e. The number of aromatic hydroxyl groups is 1. The Kier molecular flexibility index (Phi) is 6.20. The molecule has 0 fully saturated rings. The van der Waals surface area contributed by atoms with Crippen LogP contribution in [-0.4, -0.2) is 29.6 Å². The predicted molar refractivity (Wildman–Crippen MR) is 78.0 cm³/mol. The minimum Gasteiger partial charge on any atom is -0.508 e. The first-order valence-electron chi connectivity index (χ1n) is 6.97. The number of hydrogen-bond acceptors (Lipinski definition) is 2. The molecule has 0 heterocycles. The molecule has 0 aliphatic rings. The molecule has 1 aromatic carbocycles. The van der Waals surface area contributed by atoms with E-state index in [4.69, 9.17) is 0 Å². The number of phenols is 1. The fourth-order valence-electron chi connectivity index (χ4n) is 1.94. The summed E-state index contributed by atoms with van der Waals surface area (Å²) < 4.78 is 0. The normalized spacial score (nSPS) is 13.2. The van der Waals surface area contributed by atoms with Crippen molar-refractivity contribution in [3.05, 3.63) is 29.8 Å². The summed E-state index contributed by atoms with van der Waals surface area (Å²) in [5.41, 5.74) is 1.30. The number of nitrogens with zero attached hydrogens (tertiary/aromatic N) is 1. The molecule has 2 nitrogen and oxygen atoms in total. The van der Waals surface area contributed by atoms with Crippen molar-refractivity contribution in [1.29, 1.82) is 0 Å². The second kappa shape index (κ2) is 7.42. The molecule has 0 aromatic heterocycles. The highest BCUT2D eigenvalue weighted by Gasteiger charge is 2.09. The molecular weight excluding hydrogens is 222 g/mol. The van der Waals surface area contributed by atoms with E-state index in [-0.39, 0.29) is 0 Å². The summed E-state index contributed by atoms with van der Waals surface area (Å²) in [6, 6.07) is 8.16. The SMILES string of the molecule is CC(C)CCN(C)C(C)CCc1ccc(O)cc1. The summed E-state index contributed by atoms with van der Waals surface area (Å²) >= 11 is 0. The summed E-state index contributed by atoms with van der Waals surface area (Å²) in [7, 11) is 2.21. The van der Waals surface area contributed by atoms with Crippen LogP contribution >= 0.6 is 0 Å². The Morgan fingerprint density at radius 1 is 1.06 bits per heavy atom. The first kappa shape index (κ1) is 15.0. The maximum atomic E-state index is 9.24. The van der Waals surface area contributed by atoms with Gasteiger partial charge in [-0.25, -0.2) is 0 Å². The molecule has 102 valence electrons. The van der Waals surface area contributed by atoms with Crippen molar-refractivity contribution in [1.82, 2.24) is 4.90 Å². The van der Waals surface area contributed by atoms with E-state index >= 15 is 0 Å². The van der Waals surface area contributed by atoms with Crippen molar-refractivity contribution in [2.24, 2.45) is 5.92 Å². The molecule has 0 saturated heterocycles. The molecule has 1 unspecified atom stereocenters. The lowest BCUT2D eigenvalue weighted by molar-refractivity contribution is 0.233. The molecule has 1 N–H and O–H groups in total. The largest absolute Gasteiger partial charge is 0.508 e. The lowest BCUT2D eigenvalue weighted by Crippen LogP contribution is -2.31. The van der Waals surface area contributed by atoms with Crippen molar-refractivity contribution in [3.8, 4) is 5.75 Å². The Balaban J connectivity index is 2.31. The van der Waals surface area contributed by atoms with E-state index in [0.717, 1.165) is 12.3 Å². The fraction of sp³-hybridized carbons (Fsp3) is 0.625. The third kappa shape index (κ3) is 5.54. The Morgan fingerprint density at radius 2 is 1.67 bits per heavy atom. The highest BCUT2D eigenvalue weighted by molar-refractivity contribution is 5.25. The highest BCUT2D eigenvalue weighted by atomic mass is 16.3. The predicted octanol–water partition coefficient (Wildman–Crippen LogP) is 3.69. The van der Waals surface area contributed by atoms with Gasteiger partial charge in [0, 0.05) is 6.04 Å². The van der Waals surface area contributed by atoms with Crippen molar-refractivity contribution < 1.29 is 5.11 Å². The van der Waals surface area contributed by atoms with E-state index in [0.29, 0.717) is 11.8 Å². The Bertz CT molecular complexity index is 331. The molecule has 1 rings (SSSR count). The molecule has 0 amide bonds. The van der Waals surface area contributed by atoms with Gasteiger partial charge in [0.2, 0.25) is 0 Å². The first-order valence-corrected chi connectivity index (χ1v) is 6.97. The van der Waals surface area contributed by atoms with Gasteiger partial charge in [-0.2, -0.15) is 0 Å². The molecule has 0 bridgehead atoms. The number of rotatable bonds is 7. The molecule has 0 aliphatic carbocycles. The molecule has 18 heavy (non-hydrogen) atoms. The summed E-state index contributed by atoms with van der Waals surface area (Å²) in [5.74, 6) is 1.12. The summed E-state index contributed by atoms with van der Waals surface area (Å²) in [6.07, 6.45) is 3.51. The third-order valence-corrected chi connectivity index (χ3v) is 3.60. The Hall–Kier alpha value is -1.02. The monoisotopic (exact) mass is 249 g/mol. The van der Waals surface area contributed by atoms with Crippen LogP contribution in [-0.2, 0) is 6.42 Å². The van der Waals surface area contributed by atoms with Gasteiger partial charge < -0.3 is 10.0 Å². The molecule has 1 aromatic rings. The van der Waals surface area contributed by atoms with Crippen molar-refractivity contribution >= 4 is 0 Å². The van der Waals surface area contributed by atoms with E-state index in [2.05, 4.69) is 32.7 Å². The molecule has 2 heteroatoms. The van der Waals surface area contributed by atoms with E-state index in [1.165, 1.54) is 24.9 Å². The van der Waals surface area contributed by atoms with Crippen LogP contribution in [0, 0.1) is 5.92 Å². The van der Waals surface area contributed by atoms with Crippen LogP contribution in [0.3, 0.4) is 0 Å². The van der Waals surface area contributed by atoms with Gasteiger partial charge in [0.1, 0.15) is 5.75 Å². The van der Waals surface area contributed by atoms with E-state index in [1.54, 1.807) is 12.1 Å². The van der Waals surface area contributed by atoms with Crippen LogP contribution in [0.4, 0.5) is 0 Å². The zero-order valence-corrected chi connectivity index (χ0v) is 12.2. The summed E-state index contributed by atoms with van der Waals surface area (Å²) in [5, 5.41) is 9.24. The lowest BCUT2D eigenvalue weighted by Gasteiger charge is -2.25. The van der Waals surface area contributed by atoms with Gasteiger partial charge in [-0.05, 0) is 63.4 Å². The van der Waals surface area contributed by atoms with Gasteiger partial charge >= 0.3 is 0 Å². The van der Waals surface area contributed by atoms with Gasteiger partial charge in [-0.3, -0.25) is 0 Å². The van der Waals surface area contributed by atoms with Crippen LogP contribution in [0.15, 0.2) is 24.3 Å². The zero-order valence-electron chi connectivity index (χ0n) is 12.2. The van der Waals surface area contributed by atoms with E-state index in [9.17, 15) is 5.11 Å². The molecule has 0 aliphatic heterocycles. The summed E-state index contributed by atoms with van der Waals surface area (Å²) in [6.45, 7) is 8.01. The number of phenolic OH excluding ortho intramolecular Hbond substituents is 1. The van der Waals surface area contributed by atoms with Crippen LogP contribution in [0.2, 0.25) is 0 Å². The Labute approximate surface area is 112 Å². The van der Waals surface area contributed by atoms with Gasteiger partial charge in [-0.15, -0.1) is 0 Å². The molecule has 0 saturated carbocycles. The second-order valence-electron chi connectivity index (χ2n) is 5.72. The molecule has 0 spiro atoms. The van der Waals surface area contributed by atoms with Crippen molar-refractivity contribution in [3.63, 3.8) is 0 Å². The van der Waals surface area contributed by atoms with Crippen LogP contribution < -0.4 is 0 Å². The number of benzene rings is 1. The van der Waals surface area contributed by atoms with Crippen molar-refractivity contribution in [2.75, 3.05) is 13.6 Å². The average molecular weight is 249 g/mol. The van der Waals surface area contributed by atoms with Crippen LogP contribution in [0.5, 0.6) is 5.75 Å². The number of aryl methyl sites for hydroxylation is 1. The highest BCUT2D eigenvalue weighted by Crippen LogP contribution is 2.14. The summed E-state index contributed by atoms with van der Waals surface area (Å²) in [4.78, 5) is 2.44. The lowest BCUT2D eigenvalue weighted by atomic mass is 10.0. The van der Waals surface area contributed by atoms with Crippen molar-refractivity contribution in [2.45, 2.75) is 46.1 Å². The fourth-order valence-corrected chi connectivity index (χ4v) is 1.94. The quantitative estimate of drug-likeness (QED) is 0.796. The van der Waals surface area contributed by atoms with Gasteiger partial charge in [0.15, 0.2) is 0 Å². The first-order chi connectivity index (χ1) is 8.49. The van der Waals surface area contributed by atoms with E-state index in [1.807, 2.05) is 12.1 Å². The average Bonchev–Trinajstić information content (AvgIpc) is 2.34. The second-order valence-corrected chi connectivity index (χ2v) is 5.72. The van der Waals surface area contributed by atoms with Gasteiger partial charge in [0.05, 0.1) is 0 Å². The minimum atomic E-state index is 0.348. The molecule has 0 radical (unpaired) electrons. The third-order valence-electron chi connectivity index (χ3n) is 3.60. The number of hydrogen-bond donors (Lipinski definition) is 1. The maximum absolute atomic E-state index is 9.24. The zero-order chi connectivity index (χ0) is 13.5. The maximum Gasteiger partial charge on any atom is 0.115 e. The van der Waals surface area contributed by atoms with Crippen LogP contribution in [0.1, 0.15) is 39.2 Å². The topological polar surface area (TPSA) is 23.5 Å². The van der Waals surface area contributed by atoms with E-state index < -0.39 is 0 Å². The Morgan fingerprint density at radius 3 is 2.22 bits per heavy atom. The van der Waals surface area contributed by atoms with Gasteiger partial charge in [0.25, 0.3) is 0 Å². The molecule has 1 atom stereocenters. The van der Waals surface area contributed by atoms with Gasteiger partial charge in [-0.1, -0.05) is 26.0 Å².